The van der Waals surface area contributed by atoms with Gasteiger partial charge in [-0.1, -0.05) is 54.8 Å². The van der Waals surface area contributed by atoms with Gasteiger partial charge in [-0.15, -0.1) is 0 Å². The van der Waals surface area contributed by atoms with Gasteiger partial charge in [0.05, 0.1) is 0 Å². The molecule has 1 nitrogen and oxygen atoms in total. The summed E-state index contributed by atoms with van der Waals surface area (Å²) in [7, 11) is 0. The summed E-state index contributed by atoms with van der Waals surface area (Å²) in [5.41, 5.74) is 1.64. The Balaban J connectivity index is 2.33. The molecule has 0 radical (unpaired) electrons. The average molecular weight is 310 g/mol. The van der Waals surface area contributed by atoms with Gasteiger partial charge in [0.2, 0.25) is 0 Å². The van der Waals surface area contributed by atoms with Gasteiger partial charge in [0.15, 0.2) is 0 Å². The van der Waals surface area contributed by atoms with Crippen LogP contribution >= 0.6 is 15.9 Å². The highest BCUT2D eigenvalue weighted by molar-refractivity contribution is 9.10. The second kappa shape index (κ2) is 6.21. The lowest BCUT2D eigenvalue weighted by atomic mass is 9.79. The summed E-state index contributed by atoms with van der Waals surface area (Å²) in [6.45, 7) is 5.80. The van der Waals surface area contributed by atoms with Crippen LogP contribution in [-0.4, -0.2) is 6.54 Å². The Morgan fingerprint density at radius 2 is 2.11 bits per heavy atom. The first kappa shape index (κ1) is 14.1. The van der Waals surface area contributed by atoms with E-state index in [-0.39, 0.29) is 5.54 Å². The normalized spacial score (nSPS) is 25.1. The molecule has 0 spiro atoms. The van der Waals surface area contributed by atoms with Crippen LogP contribution in [0.5, 0.6) is 0 Å². The smallest absolute Gasteiger partial charge is 0.0437 e. The molecule has 1 fully saturated rings. The number of rotatable bonds is 3. The van der Waals surface area contributed by atoms with Gasteiger partial charge in [0.1, 0.15) is 0 Å². The largest absolute Gasteiger partial charge is 0.307 e. The lowest BCUT2D eigenvalue weighted by molar-refractivity contribution is 0.263. The van der Waals surface area contributed by atoms with Crippen LogP contribution < -0.4 is 5.32 Å². The molecule has 1 aliphatic heterocycles. The van der Waals surface area contributed by atoms with Crippen molar-refractivity contribution < 1.29 is 0 Å². The number of benzene rings is 1. The predicted molar refractivity (Wildman–Crippen MR) is 81.7 cm³/mol. The maximum Gasteiger partial charge on any atom is 0.0437 e. The molecule has 1 heterocycles. The minimum atomic E-state index is 0.189. The summed E-state index contributed by atoms with van der Waals surface area (Å²) in [4.78, 5) is 0. The van der Waals surface area contributed by atoms with E-state index >= 15 is 0 Å². The zero-order chi connectivity index (χ0) is 13.0. The average Bonchev–Trinajstić information content (AvgIpc) is 2.55. The van der Waals surface area contributed by atoms with Crippen LogP contribution in [0.15, 0.2) is 28.7 Å². The summed E-state index contributed by atoms with van der Waals surface area (Å²) in [6.07, 6.45) is 6.51. The van der Waals surface area contributed by atoms with Gasteiger partial charge in [0.25, 0.3) is 0 Å². The van der Waals surface area contributed by atoms with Crippen LogP contribution in [0.1, 0.15) is 51.5 Å². The molecule has 18 heavy (non-hydrogen) atoms. The lowest BCUT2D eigenvalue weighted by Gasteiger charge is -2.36. The fourth-order valence-corrected chi connectivity index (χ4v) is 3.57. The molecule has 0 amide bonds. The van der Waals surface area contributed by atoms with E-state index < -0.39 is 0 Å². The monoisotopic (exact) mass is 309 g/mol. The third-order valence-corrected chi connectivity index (χ3v) is 4.37. The van der Waals surface area contributed by atoms with E-state index in [1.54, 1.807) is 0 Å². The fourth-order valence-electron chi connectivity index (χ4n) is 3.17. The van der Waals surface area contributed by atoms with Gasteiger partial charge in [-0.3, -0.25) is 0 Å². The highest BCUT2D eigenvalue weighted by atomic mass is 79.9. The van der Waals surface area contributed by atoms with Crippen molar-refractivity contribution in [1.29, 1.82) is 0 Å². The summed E-state index contributed by atoms with van der Waals surface area (Å²) >= 11 is 3.61. The fraction of sp³-hybridized carbons (Fsp3) is 0.625. The summed E-state index contributed by atoms with van der Waals surface area (Å²) in [6, 6.07) is 8.85. The molecular weight excluding hydrogens is 286 g/mol. The van der Waals surface area contributed by atoms with Gasteiger partial charge in [-0.25, -0.2) is 0 Å². The highest BCUT2D eigenvalue weighted by Crippen LogP contribution is 2.36. The number of hydrogen-bond donors (Lipinski definition) is 1. The van der Waals surface area contributed by atoms with Crippen molar-refractivity contribution in [2.24, 2.45) is 5.92 Å². The van der Waals surface area contributed by atoms with Gasteiger partial charge in [-0.2, -0.15) is 0 Å². The highest BCUT2D eigenvalue weighted by Gasteiger charge is 2.33. The molecule has 1 aliphatic rings. The third kappa shape index (κ3) is 3.36. The topological polar surface area (TPSA) is 12.0 Å². The van der Waals surface area contributed by atoms with E-state index in [0.717, 1.165) is 12.5 Å². The van der Waals surface area contributed by atoms with Crippen LogP contribution in [0.25, 0.3) is 0 Å². The summed E-state index contributed by atoms with van der Waals surface area (Å²) in [5, 5.41) is 3.85. The molecule has 100 valence electrons. The predicted octanol–water partition coefficient (Wildman–Crippen LogP) is 4.85. The Kier molecular flexibility index (Phi) is 4.85. The quantitative estimate of drug-likeness (QED) is 0.841. The molecule has 2 heteroatoms. The molecule has 1 atom stereocenters. The number of hydrogen-bond acceptors (Lipinski definition) is 1. The zero-order valence-electron chi connectivity index (χ0n) is 11.5. The van der Waals surface area contributed by atoms with Crippen molar-refractivity contribution in [2.45, 2.75) is 51.5 Å². The zero-order valence-corrected chi connectivity index (χ0v) is 13.1. The number of halogens is 1. The first-order valence-corrected chi connectivity index (χ1v) is 7.93. The van der Waals surface area contributed by atoms with Crippen LogP contribution in [0.2, 0.25) is 0 Å². The second-order valence-corrected chi connectivity index (χ2v) is 6.84. The number of nitrogens with one attached hydrogen (secondary N) is 1. The first-order chi connectivity index (χ1) is 8.62. The molecule has 1 saturated heterocycles. The van der Waals surface area contributed by atoms with Gasteiger partial charge in [0, 0.05) is 10.0 Å². The van der Waals surface area contributed by atoms with E-state index in [2.05, 4.69) is 59.4 Å². The minimum absolute atomic E-state index is 0.189. The van der Waals surface area contributed by atoms with Crippen molar-refractivity contribution in [2.75, 3.05) is 6.54 Å². The van der Waals surface area contributed by atoms with Crippen molar-refractivity contribution in [3.63, 3.8) is 0 Å². The summed E-state index contributed by atoms with van der Waals surface area (Å²) < 4.78 is 1.19. The van der Waals surface area contributed by atoms with E-state index in [0.29, 0.717) is 0 Å². The van der Waals surface area contributed by atoms with Gasteiger partial charge >= 0.3 is 0 Å². The third-order valence-electron chi connectivity index (χ3n) is 3.88. The lowest BCUT2D eigenvalue weighted by Crippen LogP contribution is -2.43. The van der Waals surface area contributed by atoms with Crippen molar-refractivity contribution in [3.8, 4) is 0 Å². The summed E-state index contributed by atoms with van der Waals surface area (Å²) in [5.74, 6) is 0.717. The van der Waals surface area contributed by atoms with Crippen LogP contribution in [0, 0.1) is 5.92 Å². The Morgan fingerprint density at radius 1 is 1.28 bits per heavy atom. The Labute approximate surface area is 119 Å². The molecule has 0 saturated carbocycles. The van der Waals surface area contributed by atoms with E-state index in [4.69, 9.17) is 0 Å². The molecule has 2 rings (SSSR count). The second-order valence-electron chi connectivity index (χ2n) is 5.93. The molecule has 1 unspecified atom stereocenters. The van der Waals surface area contributed by atoms with E-state index in [1.807, 2.05) is 0 Å². The standard InChI is InChI=1S/C16H24BrN/c1-13(2)12-16(9-4-3-5-10-18-16)14-7-6-8-15(17)11-14/h6-8,11,13,18H,3-5,9-10,12H2,1-2H3. The molecule has 0 aliphatic carbocycles. The molecule has 1 aromatic rings. The Morgan fingerprint density at radius 3 is 2.83 bits per heavy atom. The Bertz CT molecular complexity index is 378. The Hall–Kier alpha value is -0.340. The minimum Gasteiger partial charge on any atom is -0.307 e. The first-order valence-electron chi connectivity index (χ1n) is 7.13. The molecule has 0 bridgehead atoms. The molecule has 1 aromatic carbocycles. The van der Waals surface area contributed by atoms with Gasteiger partial charge in [-0.05, 0) is 49.4 Å². The van der Waals surface area contributed by atoms with Crippen molar-refractivity contribution >= 4 is 15.9 Å². The van der Waals surface area contributed by atoms with E-state index in [9.17, 15) is 0 Å². The SMILES string of the molecule is CC(C)CC1(c2cccc(Br)c2)CCCCCN1. The van der Waals surface area contributed by atoms with Crippen LogP contribution in [0.4, 0.5) is 0 Å². The molecular formula is C16H24BrN. The van der Waals surface area contributed by atoms with Crippen molar-refractivity contribution in [1.82, 2.24) is 5.32 Å². The molecule has 0 aromatic heterocycles. The maximum absolute atomic E-state index is 3.85. The maximum atomic E-state index is 3.85. The van der Waals surface area contributed by atoms with Crippen LogP contribution in [-0.2, 0) is 5.54 Å². The van der Waals surface area contributed by atoms with Crippen LogP contribution in [0.3, 0.4) is 0 Å². The molecule has 1 N–H and O–H groups in total. The van der Waals surface area contributed by atoms with E-state index in [1.165, 1.54) is 42.1 Å². The van der Waals surface area contributed by atoms with Gasteiger partial charge < -0.3 is 5.32 Å². The van der Waals surface area contributed by atoms with Crippen molar-refractivity contribution in [3.05, 3.63) is 34.3 Å².